The zero-order valence-corrected chi connectivity index (χ0v) is 16.2. The fourth-order valence-corrected chi connectivity index (χ4v) is 2.99. The molecule has 0 aliphatic rings. The molecule has 0 spiro atoms. The van der Waals surface area contributed by atoms with Crippen molar-refractivity contribution in [2.24, 2.45) is 0 Å². The number of para-hydroxylation sites is 1. The van der Waals surface area contributed by atoms with Crippen LogP contribution in [0.2, 0.25) is 0 Å². The monoisotopic (exact) mass is 388 g/mol. The third kappa shape index (κ3) is 4.08. The summed E-state index contributed by atoms with van der Waals surface area (Å²) in [7, 11) is 1.62. The topological polar surface area (TPSA) is 78.6 Å². The van der Waals surface area contributed by atoms with E-state index in [1.165, 1.54) is 0 Å². The molecule has 2 heterocycles. The van der Waals surface area contributed by atoms with Gasteiger partial charge in [0.15, 0.2) is 11.5 Å². The third-order valence-corrected chi connectivity index (χ3v) is 4.50. The summed E-state index contributed by atoms with van der Waals surface area (Å²) in [6, 6.07) is 18.8. The molecule has 4 rings (SSSR count). The molecule has 0 saturated heterocycles. The molecule has 0 N–H and O–H groups in total. The van der Waals surface area contributed by atoms with E-state index in [9.17, 15) is 4.79 Å². The second-order valence-electron chi connectivity index (χ2n) is 6.61. The fraction of sp³-hybridized carbons (Fsp3) is 0.182. The van der Waals surface area contributed by atoms with E-state index < -0.39 is 0 Å². The van der Waals surface area contributed by atoms with Crippen LogP contribution >= 0.6 is 0 Å². The van der Waals surface area contributed by atoms with E-state index in [4.69, 9.17) is 9.47 Å². The van der Waals surface area contributed by atoms with Gasteiger partial charge < -0.3 is 14.3 Å². The first kappa shape index (κ1) is 18.6. The van der Waals surface area contributed by atoms with E-state index in [0.717, 1.165) is 17.5 Å². The maximum atomic E-state index is 11.1. The highest BCUT2D eigenvalue weighted by atomic mass is 16.5. The molecule has 2 aromatic heterocycles. The molecule has 0 saturated carbocycles. The Bertz CT molecular complexity index is 1150. The van der Waals surface area contributed by atoms with Gasteiger partial charge in [-0.3, -0.25) is 0 Å². The number of hydrogen-bond donors (Lipinski definition) is 0. The lowest BCUT2D eigenvalue weighted by atomic mass is 10.1. The SMILES string of the molecule is COc1ccccc1-c1nnc2ccc(Oc3ccc(CCC(C)=O)cc3)nn12. The third-order valence-electron chi connectivity index (χ3n) is 4.50. The Hall–Kier alpha value is -3.74. The van der Waals surface area contributed by atoms with Gasteiger partial charge in [0.1, 0.15) is 17.3 Å². The van der Waals surface area contributed by atoms with Crippen LogP contribution < -0.4 is 9.47 Å². The van der Waals surface area contributed by atoms with E-state index in [1.807, 2.05) is 48.5 Å². The Kier molecular flexibility index (Phi) is 5.20. The molecule has 7 nitrogen and oxygen atoms in total. The highest BCUT2D eigenvalue weighted by Crippen LogP contribution is 2.29. The molecule has 0 atom stereocenters. The Morgan fingerprint density at radius 3 is 2.55 bits per heavy atom. The quantitative estimate of drug-likeness (QED) is 0.474. The van der Waals surface area contributed by atoms with Crippen LogP contribution in [0.5, 0.6) is 17.4 Å². The minimum Gasteiger partial charge on any atom is -0.496 e. The number of carbonyl (C=O) groups is 1. The summed E-state index contributed by atoms with van der Waals surface area (Å²) < 4.78 is 13.0. The summed E-state index contributed by atoms with van der Waals surface area (Å²) in [5.74, 6) is 2.53. The molecule has 0 fully saturated rings. The maximum absolute atomic E-state index is 11.1. The number of aryl methyl sites for hydroxylation is 1. The van der Waals surface area contributed by atoms with Gasteiger partial charge in [0, 0.05) is 12.5 Å². The van der Waals surface area contributed by atoms with Gasteiger partial charge >= 0.3 is 0 Å². The van der Waals surface area contributed by atoms with Crippen molar-refractivity contribution >= 4 is 11.4 Å². The predicted molar refractivity (Wildman–Crippen MR) is 108 cm³/mol. The minimum atomic E-state index is 0.183. The number of ether oxygens (including phenoxy) is 2. The fourth-order valence-electron chi connectivity index (χ4n) is 2.99. The Morgan fingerprint density at radius 2 is 1.79 bits per heavy atom. The summed E-state index contributed by atoms with van der Waals surface area (Å²) in [5.41, 5.74) is 2.49. The average molecular weight is 388 g/mol. The lowest BCUT2D eigenvalue weighted by molar-refractivity contribution is -0.116. The van der Waals surface area contributed by atoms with Crippen molar-refractivity contribution in [3.63, 3.8) is 0 Å². The first-order chi connectivity index (χ1) is 14.1. The zero-order valence-electron chi connectivity index (χ0n) is 16.2. The number of nitrogens with zero attached hydrogens (tertiary/aromatic N) is 4. The first-order valence-electron chi connectivity index (χ1n) is 9.26. The maximum Gasteiger partial charge on any atom is 0.237 e. The second kappa shape index (κ2) is 8.10. The van der Waals surface area contributed by atoms with Crippen molar-refractivity contribution in [1.29, 1.82) is 0 Å². The van der Waals surface area contributed by atoms with E-state index in [0.29, 0.717) is 35.3 Å². The van der Waals surface area contributed by atoms with Gasteiger partial charge in [-0.2, -0.15) is 4.52 Å². The van der Waals surface area contributed by atoms with Crippen molar-refractivity contribution in [2.75, 3.05) is 7.11 Å². The van der Waals surface area contributed by atoms with Gasteiger partial charge in [0.05, 0.1) is 12.7 Å². The van der Waals surface area contributed by atoms with Crippen LogP contribution in [0.1, 0.15) is 18.9 Å². The van der Waals surface area contributed by atoms with Crippen LogP contribution in [-0.4, -0.2) is 32.7 Å². The van der Waals surface area contributed by atoms with Crippen molar-refractivity contribution in [1.82, 2.24) is 19.8 Å². The molecule has 0 unspecified atom stereocenters. The number of rotatable bonds is 7. The summed E-state index contributed by atoms with van der Waals surface area (Å²) in [4.78, 5) is 11.1. The average Bonchev–Trinajstić information content (AvgIpc) is 3.16. The van der Waals surface area contributed by atoms with Gasteiger partial charge in [-0.1, -0.05) is 24.3 Å². The molecule has 0 amide bonds. The number of hydrogen-bond acceptors (Lipinski definition) is 6. The summed E-state index contributed by atoms with van der Waals surface area (Å²) in [5, 5.41) is 13.0. The lowest BCUT2D eigenvalue weighted by Gasteiger charge is -2.08. The number of aromatic nitrogens is 4. The van der Waals surface area contributed by atoms with Crippen LogP contribution in [0.3, 0.4) is 0 Å². The van der Waals surface area contributed by atoms with Crippen LogP contribution in [0, 0.1) is 0 Å². The minimum absolute atomic E-state index is 0.183. The Labute approximate surface area is 167 Å². The Balaban J connectivity index is 1.60. The second-order valence-corrected chi connectivity index (χ2v) is 6.61. The smallest absolute Gasteiger partial charge is 0.237 e. The number of methoxy groups -OCH3 is 1. The normalized spacial score (nSPS) is 10.8. The van der Waals surface area contributed by atoms with E-state index >= 15 is 0 Å². The highest BCUT2D eigenvalue weighted by molar-refractivity contribution is 5.75. The van der Waals surface area contributed by atoms with Gasteiger partial charge in [-0.15, -0.1) is 15.3 Å². The predicted octanol–water partition coefficient (Wildman–Crippen LogP) is 4.11. The number of carbonyl (C=O) groups excluding carboxylic acids is 1. The standard InChI is InChI=1S/C22H20N4O3/c1-15(27)7-8-16-9-11-17(12-10-16)29-21-14-13-20-23-24-22(26(20)25-21)18-5-3-4-6-19(18)28-2/h3-6,9-14H,7-8H2,1-2H3. The lowest BCUT2D eigenvalue weighted by Crippen LogP contribution is -1.99. The van der Waals surface area contributed by atoms with Gasteiger partial charge in [-0.05, 0) is 49.2 Å². The molecule has 0 aliphatic carbocycles. The molecule has 0 radical (unpaired) electrons. The molecule has 7 heteroatoms. The summed E-state index contributed by atoms with van der Waals surface area (Å²) >= 11 is 0. The van der Waals surface area contributed by atoms with Crippen molar-refractivity contribution < 1.29 is 14.3 Å². The molecule has 2 aromatic carbocycles. The van der Waals surface area contributed by atoms with E-state index in [-0.39, 0.29) is 5.78 Å². The van der Waals surface area contributed by atoms with Crippen molar-refractivity contribution in [3.8, 4) is 28.8 Å². The van der Waals surface area contributed by atoms with Gasteiger partial charge in [-0.25, -0.2) is 0 Å². The van der Waals surface area contributed by atoms with Gasteiger partial charge in [0.25, 0.3) is 0 Å². The van der Waals surface area contributed by atoms with Gasteiger partial charge in [0.2, 0.25) is 5.88 Å². The van der Waals surface area contributed by atoms with Crippen LogP contribution in [0.4, 0.5) is 0 Å². The highest BCUT2D eigenvalue weighted by Gasteiger charge is 2.14. The summed E-state index contributed by atoms with van der Waals surface area (Å²) in [6.07, 6.45) is 1.26. The van der Waals surface area contributed by atoms with Crippen molar-refractivity contribution in [2.45, 2.75) is 19.8 Å². The number of fused-ring (bicyclic) bond motifs is 1. The molecule has 4 aromatic rings. The summed E-state index contributed by atoms with van der Waals surface area (Å²) in [6.45, 7) is 1.60. The first-order valence-corrected chi connectivity index (χ1v) is 9.26. The molecule has 0 aliphatic heterocycles. The van der Waals surface area contributed by atoms with Crippen LogP contribution in [0.15, 0.2) is 60.7 Å². The van der Waals surface area contributed by atoms with Crippen molar-refractivity contribution in [3.05, 3.63) is 66.2 Å². The van der Waals surface area contributed by atoms with Crippen LogP contribution in [0.25, 0.3) is 17.0 Å². The van der Waals surface area contributed by atoms with E-state index in [1.54, 1.807) is 30.7 Å². The Morgan fingerprint density at radius 1 is 1.00 bits per heavy atom. The molecule has 0 bridgehead atoms. The molecule has 146 valence electrons. The molecular weight excluding hydrogens is 368 g/mol. The number of benzene rings is 2. The van der Waals surface area contributed by atoms with E-state index in [2.05, 4.69) is 15.3 Å². The van der Waals surface area contributed by atoms with Crippen LogP contribution in [-0.2, 0) is 11.2 Å². The number of Topliss-reactive ketones (excluding diaryl/α,β-unsaturated/α-hetero) is 1. The zero-order chi connectivity index (χ0) is 20.2. The molecular formula is C22H20N4O3. The largest absolute Gasteiger partial charge is 0.496 e. The number of ketones is 1. The molecule has 29 heavy (non-hydrogen) atoms.